The highest BCUT2D eigenvalue weighted by molar-refractivity contribution is 6.30. The normalized spacial score (nSPS) is 11.2. The lowest BCUT2D eigenvalue weighted by Crippen LogP contribution is -2.27. The molecule has 2 heterocycles. The number of nitrogens with zero attached hydrogens (tertiary/aromatic N) is 2. The quantitative estimate of drug-likeness (QED) is 0.323. The number of halogens is 1. The molecule has 0 spiro atoms. The molecule has 2 aromatic heterocycles. The van der Waals surface area contributed by atoms with E-state index in [1.54, 1.807) is 7.11 Å². The summed E-state index contributed by atoms with van der Waals surface area (Å²) in [5.74, 6) is 1.26. The molecule has 0 bridgehead atoms. The molecule has 0 aliphatic carbocycles. The Morgan fingerprint density at radius 1 is 1.09 bits per heavy atom. The predicted molar refractivity (Wildman–Crippen MR) is 139 cm³/mol. The van der Waals surface area contributed by atoms with Crippen molar-refractivity contribution >= 4 is 23.2 Å². The van der Waals surface area contributed by atoms with Gasteiger partial charge in [-0.05, 0) is 84.5 Å². The number of benzene rings is 2. The molecule has 0 saturated carbocycles. The Morgan fingerprint density at radius 3 is 2.50 bits per heavy atom. The Bertz CT molecular complexity index is 1310. The van der Waals surface area contributed by atoms with Crippen LogP contribution < -0.4 is 10.1 Å². The number of carbonyl (C=O) groups is 1. The molecule has 1 N–H and O–H groups in total. The van der Waals surface area contributed by atoms with Crippen LogP contribution in [0.15, 0.2) is 60.8 Å². The molecule has 5 nitrogen and oxygen atoms in total. The highest BCUT2D eigenvalue weighted by Gasteiger charge is 2.17. The fourth-order valence-corrected chi connectivity index (χ4v) is 4.29. The fourth-order valence-electron chi connectivity index (χ4n) is 4.06. The molecule has 176 valence electrons. The van der Waals surface area contributed by atoms with Gasteiger partial charge in [-0.15, -0.1) is 0 Å². The Kier molecular flexibility index (Phi) is 7.23. The number of methoxy groups -OCH3 is 1. The molecule has 0 atom stereocenters. The maximum absolute atomic E-state index is 12.5. The molecule has 1 amide bonds. The van der Waals surface area contributed by atoms with Crippen LogP contribution in [0.25, 0.3) is 28.0 Å². The molecular formula is C28H30ClN3O2. The molecular weight excluding hydrogens is 446 g/mol. The Hall–Kier alpha value is -3.31. The van der Waals surface area contributed by atoms with Crippen molar-refractivity contribution in [3.8, 4) is 28.1 Å². The van der Waals surface area contributed by atoms with Crippen LogP contribution in [0.3, 0.4) is 0 Å². The lowest BCUT2D eigenvalue weighted by molar-refractivity contribution is -0.121. The van der Waals surface area contributed by atoms with Gasteiger partial charge in [-0.1, -0.05) is 31.5 Å². The molecule has 34 heavy (non-hydrogen) atoms. The standard InChI is InChI=1S/C28H30ClN3O2/c1-18(2)16-30-27(33)14-12-25-28(20-5-9-23(34-4)10-6-20)31-26-13-7-21(17-32(25)26)24-11-8-22(29)15-19(24)3/h5-11,13,15,17-18H,12,14,16H2,1-4H3,(H,30,33). The van der Waals surface area contributed by atoms with Gasteiger partial charge in [0.25, 0.3) is 0 Å². The second kappa shape index (κ2) is 10.3. The third kappa shape index (κ3) is 5.26. The van der Waals surface area contributed by atoms with E-state index >= 15 is 0 Å². The van der Waals surface area contributed by atoms with E-state index in [1.165, 1.54) is 0 Å². The molecule has 0 radical (unpaired) electrons. The molecule has 0 unspecified atom stereocenters. The van der Waals surface area contributed by atoms with Gasteiger partial charge < -0.3 is 14.5 Å². The zero-order valence-corrected chi connectivity index (χ0v) is 20.8. The van der Waals surface area contributed by atoms with Crippen LogP contribution in [0.5, 0.6) is 5.75 Å². The largest absolute Gasteiger partial charge is 0.497 e. The van der Waals surface area contributed by atoms with Gasteiger partial charge in [0, 0.05) is 29.7 Å². The Labute approximate surface area is 205 Å². The number of pyridine rings is 1. The third-order valence-corrected chi connectivity index (χ3v) is 6.11. The van der Waals surface area contributed by atoms with Crippen molar-refractivity contribution < 1.29 is 9.53 Å². The number of imidazole rings is 1. The van der Waals surface area contributed by atoms with Gasteiger partial charge in [0.2, 0.25) is 5.91 Å². The average molecular weight is 476 g/mol. The minimum atomic E-state index is 0.0500. The smallest absolute Gasteiger partial charge is 0.220 e. The number of aryl methyl sites for hydroxylation is 2. The summed E-state index contributed by atoms with van der Waals surface area (Å²) in [6, 6.07) is 17.9. The van der Waals surface area contributed by atoms with Gasteiger partial charge in [-0.3, -0.25) is 4.79 Å². The molecule has 0 saturated heterocycles. The van der Waals surface area contributed by atoms with Crippen LogP contribution in [0.2, 0.25) is 5.02 Å². The first-order valence-electron chi connectivity index (χ1n) is 11.5. The van der Waals surface area contributed by atoms with E-state index < -0.39 is 0 Å². The Morgan fingerprint density at radius 2 is 1.82 bits per heavy atom. The van der Waals surface area contributed by atoms with E-state index in [-0.39, 0.29) is 5.91 Å². The van der Waals surface area contributed by atoms with Gasteiger partial charge in [0.1, 0.15) is 11.4 Å². The first-order valence-corrected chi connectivity index (χ1v) is 11.9. The molecule has 2 aromatic carbocycles. The van der Waals surface area contributed by atoms with Crippen LogP contribution in [-0.4, -0.2) is 28.9 Å². The molecule has 0 aliphatic heterocycles. The van der Waals surface area contributed by atoms with Gasteiger partial charge in [-0.25, -0.2) is 4.98 Å². The number of fused-ring (bicyclic) bond motifs is 1. The second-order valence-corrected chi connectivity index (χ2v) is 9.38. The van der Waals surface area contributed by atoms with E-state index in [1.807, 2.05) is 48.5 Å². The highest BCUT2D eigenvalue weighted by Crippen LogP contribution is 2.31. The number of carbonyl (C=O) groups excluding carboxylic acids is 1. The van der Waals surface area contributed by atoms with Crippen LogP contribution in [0.1, 0.15) is 31.5 Å². The average Bonchev–Trinajstić information content (AvgIpc) is 3.19. The van der Waals surface area contributed by atoms with E-state index in [9.17, 15) is 4.79 Å². The van der Waals surface area contributed by atoms with E-state index in [0.29, 0.717) is 25.3 Å². The number of ether oxygens (including phenoxy) is 1. The summed E-state index contributed by atoms with van der Waals surface area (Å²) >= 11 is 6.17. The number of aromatic nitrogens is 2. The number of amides is 1. The van der Waals surface area contributed by atoms with Crippen LogP contribution in [0.4, 0.5) is 0 Å². The fraction of sp³-hybridized carbons (Fsp3) is 0.286. The molecule has 6 heteroatoms. The van der Waals surface area contributed by atoms with Gasteiger partial charge in [-0.2, -0.15) is 0 Å². The molecule has 0 fully saturated rings. The van der Waals surface area contributed by atoms with Gasteiger partial charge >= 0.3 is 0 Å². The molecule has 0 aliphatic rings. The number of rotatable bonds is 8. The third-order valence-electron chi connectivity index (χ3n) is 5.88. The summed E-state index contributed by atoms with van der Waals surface area (Å²) < 4.78 is 7.43. The zero-order chi connectivity index (χ0) is 24.2. The second-order valence-electron chi connectivity index (χ2n) is 8.94. The first-order chi connectivity index (χ1) is 16.4. The number of nitrogens with one attached hydrogen (secondary N) is 1. The Balaban J connectivity index is 1.76. The topological polar surface area (TPSA) is 55.6 Å². The van der Waals surface area contributed by atoms with Crippen LogP contribution in [0, 0.1) is 12.8 Å². The van der Waals surface area contributed by atoms with Crippen LogP contribution >= 0.6 is 11.6 Å². The zero-order valence-electron chi connectivity index (χ0n) is 20.1. The summed E-state index contributed by atoms with van der Waals surface area (Å²) in [4.78, 5) is 17.4. The lowest BCUT2D eigenvalue weighted by Gasteiger charge is -2.11. The lowest BCUT2D eigenvalue weighted by atomic mass is 10.0. The minimum absolute atomic E-state index is 0.0500. The van der Waals surface area contributed by atoms with E-state index in [2.05, 4.69) is 42.8 Å². The van der Waals surface area contributed by atoms with Crippen molar-refractivity contribution in [2.45, 2.75) is 33.6 Å². The van der Waals surface area contributed by atoms with Crippen molar-refractivity contribution in [1.82, 2.24) is 14.7 Å². The SMILES string of the molecule is COc1ccc(-c2nc3ccc(-c4ccc(Cl)cc4C)cn3c2CCC(=O)NCC(C)C)cc1. The summed E-state index contributed by atoms with van der Waals surface area (Å²) in [5.41, 5.74) is 7.03. The highest BCUT2D eigenvalue weighted by atomic mass is 35.5. The molecule has 4 aromatic rings. The van der Waals surface area contributed by atoms with Crippen molar-refractivity contribution in [2.24, 2.45) is 5.92 Å². The van der Waals surface area contributed by atoms with Crippen molar-refractivity contribution in [2.75, 3.05) is 13.7 Å². The van der Waals surface area contributed by atoms with Crippen molar-refractivity contribution in [3.05, 3.63) is 77.1 Å². The maximum atomic E-state index is 12.5. The summed E-state index contributed by atoms with van der Waals surface area (Å²) in [5, 5.41) is 3.74. The van der Waals surface area contributed by atoms with Crippen LogP contribution in [-0.2, 0) is 11.2 Å². The van der Waals surface area contributed by atoms with Gasteiger partial charge in [0.15, 0.2) is 0 Å². The first kappa shape index (κ1) is 23.8. The van der Waals surface area contributed by atoms with E-state index in [0.717, 1.165) is 50.1 Å². The van der Waals surface area contributed by atoms with E-state index in [4.69, 9.17) is 21.3 Å². The van der Waals surface area contributed by atoms with Gasteiger partial charge in [0.05, 0.1) is 18.5 Å². The minimum Gasteiger partial charge on any atom is -0.497 e. The molecule has 4 rings (SSSR count). The maximum Gasteiger partial charge on any atom is 0.220 e. The summed E-state index contributed by atoms with van der Waals surface area (Å²) in [7, 11) is 1.65. The van der Waals surface area contributed by atoms with Crippen molar-refractivity contribution in [3.63, 3.8) is 0 Å². The number of hydrogen-bond acceptors (Lipinski definition) is 3. The summed E-state index contributed by atoms with van der Waals surface area (Å²) in [6.07, 6.45) is 3.08. The summed E-state index contributed by atoms with van der Waals surface area (Å²) in [6.45, 7) is 6.92. The number of hydrogen-bond donors (Lipinski definition) is 1. The monoisotopic (exact) mass is 475 g/mol. The predicted octanol–water partition coefficient (Wildman–Crippen LogP) is 6.34. The van der Waals surface area contributed by atoms with Crippen molar-refractivity contribution in [1.29, 1.82) is 0 Å².